The van der Waals surface area contributed by atoms with Gasteiger partial charge in [-0.3, -0.25) is 25.2 Å². The van der Waals surface area contributed by atoms with E-state index in [-0.39, 0.29) is 23.3 Å². The lowest BCUT2D eigenvalue weighted by Crippen LogP contribution is -2.49. The molecule has 0 bridgehead atoms. The van der Waals surface area contributed by atoms with Crippen LogP contribution in [-0.2, 0) is 24.4 Å². The number of hydrogen-bond donors (Lipinski definition) is 3. The van der Waals surface area contributed by atoms with Crippen LogP contribution >= 0.6 is 0 Å². The van der Waals surface area contributed by atoms with E-state index in [1.807, 2.05) is 6.92 Å². The highest BCUT2D eigenvalue weighted by molar-refractivity contribution is 7.89. The minimum Gasteiger partial charge on any atom is -0.347 e. The Morgan fingerprint density at radius 3 is 2.21 bits per heavy atom. The predicted octanol–water partition coefficient (Wildman–Crippen LogP) is 0.0693. The lowest BCUT2D eigenvalue weighted by molar-refractivity contribution is -0.130. The standard InChI is InChI=1S/C18H26N4O5S/c1-13-7-9-15(10-8-13)28(26,27)22(2)12-17(24)21-20-16(23)11-19-18(25)14-5-3-4-6-14/h7-10,14H,3-6,11-12H2,1-2H3,(H,19,25)(H,20,23)(H,21,24). The molecule has 10 heteroatoms. The number of hydrazine groups is 1. The maximum atomic E-state index is 12.4. The molecule has 28 heavy (non-hydrogen) atoms. The van der Waals surface area contributed by atoms with Gasteiger partial charge in [-0.25, -0.2) is 8.42 Å². The number of aryl methyl sites for hydroxylation is 1. The number of likely N-dealkylation sites (N-methyl/N-ethyl adjacent to an activating group) is 1. The number of carbonyl (C=O) groups excluding carboxylic acids is 3. The molecule has 3 amide bonds. The first-order valence-electron chi connectivity index (χ1n) is 9.08. The van der Waals surface area contributed by atoms with Gasteiger partial charge in [0.05, 0.1) is 18.0 Å². The van der Waals surface area contributed by atoms with Gasteiger partial charge >= 0.3 is 0 Å². The summed E-state index contributed by atoms with van der Waals surface area (Å²) in [5.41, 5.74) is 5.22. The molecule has 2 rings (SSSR count). The van der Waals surface area contributed by atoms with Gasteiger partial charge in [-0.1, -0.05) is 30.5 Å². The van der Waals surface area contributed by atoms with Crippen LogP contribution in [0, 0.1) is 12.8 Å². The highest BCUT2D eigenvalue weighted by Crippen LogP contribution is 2.24. The topological polar surface area (TPSA) is 125 Å². The van der Waals surface area contributed by atoms with Crippen LogP contribution in [0.5, 0.6) is 0 Å². The zero-order valence-corrected chi connectivity index (χ0v) is 16.8. The monoisotopic (exact) mass is 410 g/mol. The van der Waals surface area contributed by atoms with Gasteiger partial charge in [-0.05, 0) is 31.9 Å². The number of rotatable bonds is 7. The quantitative estimate of drug-likeness (QED) is 0.549. The van der Waals surface area contributed by atoms with Crippen molar-refractivity contribution in [1.29, 1.82) is 0 Å². The molecule has 1 aromatic carbocycles. The summed E-state index contributed by atoms with van der Waals surface area (Å²) in [4.78, 5) is 35.6. The Kier molecular flexibility index (Phi) is 7.53. The highest BCUT2D eigenvalue weighted by atomic mass is 32.2. The highest BCUT2D eigenvalue weighted by Gasteiger charge is 2.24. The molecular formula is C18H26N4O5S. The average molecular weight is 410 g/mol. The minimum atomic E-state index is -3.82. The summed E-state index contributed by atoms with van der Waals surface area (Å²) in [7, 11) is -2.54. The molecule has 0 atom stereocenters. The fourth-order valence-electron chi connectivity index (χ4n) is 2.90. The number of nitrogens with zero attached hydrogens (tertiary/aromatic N) is 1. The van der Waals surface area contributed by atoms with Crippen LogP contribution in [-0.4, -0.2) is 50.6 Å². The summed E-state index contributed by atoms with van der Waals surface area (Å²) in [5.74, 6) is -1.51. The number of nitrogens with one attached hydrogen (secondary N) is 3. The van der Waals surface area contributed by atoms with E-state index in [1.165, 1.54) is 19.2 Å². The maximum Gasteiger partial charge on any atom is 0.257 e. The molecule has 9 nitrogen and oxygen atoms in total. The lowest BCUT2D eigenvalue weighted by atomic mass is 10.1. The van der Waals surface area contributed by atoms with Crippen molar-refractivity contribution in [1.82, 2.24) is 20.5 Å². The molecule has 0 aliphatic heterocycles. The van der Waals surface area contributed by atoms with E-state index in [2.05, 4.69) is 16.2 Å². The Labute approximate surface area is 164 Å². The number of amides is 3. The largest absolute Gasteiger partial charge is 0.347 e. The molecule has 1 saturated carbocycles. The number of benzene rings is 1. The van der Waals surface area contributed by atoms with Gasteiger partial charge in [-0.2, -0.15) is 4.31 Å². The van der Waals surface area contributed by atoms with Crippen LogP contribution in [0.1, 0.15) is 31.2 Å². The van der Waals surface area contributed by atoms with Gasteiger partial charge in [0.1, 0.15) is 0 Å². The Morgan fingerprint density at radius 2 is 1.61 bits per heavy atom. The minimum absolute atomic E-state index is 0.0528. The molecule has 0 radical (unpaired) electrons. The van der Waals surface area contributed by atoms with Crippen LogP contribution in [0.4, 0.5) is 0 Å². The van der Waals surface area contributed by atoms with Crippen LogP contribution in [0.2, 0.25) is 0 Å². The van der Waals surface area contributed by atoms with Crippen molar-refractivity contribution in [2.24, 2.45) is 5.92 Å². The molecule has 3 N–H and O–H groups in total. The molecule has 0 aromatic heterocycles. The van der Waals surface area contributed by atoms with Crippen LogP contribution in [0.25, 0.3) is 0 Å². The third-order valence-corrected chi connectivity index (χ3v) is 6.40. The molecule has 1 aliphatic carbocycles. The second kappa shape index (κ2) is 9.65. The first-order chi connectivity index (χ1) is 13.2. The molecular weight excluding hydrogens is 384 g/mol. The van der Waals surface area contributed by atoms with Crippen molar-refractivity contribution in [2.45, 2.75) is 37.5 Å². The van der Waals surface area contributed by atoms with Gasteiger partial charge in [0.25, 0.3) is 11.8 Å². The third kappa shape index (κ3) is 6.03. The second-order valence-electron chi connectivity index (χ2n) is 6.87. The Bertz CT molecular complexity index is 817. The van der Waals surface area contributed by atoms with E-state index in [9.17, 15) is 22.8 Å². The van der Waals surface area contributed by atoms with Gasteiger partial charge in [0.2, 0.25) is 15.9 Å². The first-order valence-corrected chi connectivity index (χ1v) is 10.5. The molecule has 0 unspecified atom stereocenters. The van der Waals surface area contributed by atoms with Gasteiger partial charge < -0.3 is 5.32 Å². The Hall–Kier alpha value is -2.46. The zero-order valence-electron chi connectivity index (χ0n) is 16.0. The van der Waals surface area contributed by atoms with E-state index in [1.54, 1.807) is 12.1 Å². The number of hydrogen-bond acceptors (Lipinski definition) is 5. The van der Waals surface area contributed by atoms with E-state index >= 15 is 0 Å². The summed E-state index contributed by atoms with van der Waals surface area (Å²) in [5, 5.41) is 2.53. The maximum absolute atomic E-state index is 12.4. The smallest absolute Gasteiger partial charge is 0.257 e. The summed E-state index contributed by atoms with van der Waals surface area (Å²) < 4.78 is 25.8. The fourth-order valence-corrected chi connectivity index (χ4v) is 4.03. The first kappa shape index (κ1) is 21.8. The Morgan fingerprint density at radius 1 is 1.04 bits per heavy atom. The van der Waals surface area contributed by atoms with Crippen LogP contribution in [0.3, 0.4) is 0 Å². The molecule has 0 saturated heterocycles. The van der Waals surface area contributed by atoms with E-state index in [0.29, 0.717) is 0 Å². The molecule has 1 aliphatic rings. The summed E-state index contributed by atoms with van der Waals surface area (Å²) in [6, 6.07) is 6.27. The van der Waals surface area contributed by atoms with E-state index < -0.39 is 28.4 Å². The molecule has 0 spiro atoms. The van der Waals surface area contributed by atoms with Crippen molar-refractivity contribution >= 4 is 27.7 Å². The lowest BCUT2D eigenvalue weighted by Gasteiger charge is -2.17. The van der Waals surface area contributed by atoms with E-state index in [0.717, 1.165) is 35.6 Å². The van der Waals surface area contributed by atoms with Gasteiger partial charge in [0.15, 0.2) is 0 Å². The van der Waals surface area contributed by atoms with Crippen LogP contribution in [0.15, 0.2) is 29.2 Å². The average Bonchev–Trinajstić information content (AvgIpc) is 3.19. The number of sulfonamides is 1. The summed E-state index contributed by atoms with van der Waals surface area (Å²) >= 11 is 0. The van der Waals surface area contributed by atoms with Gasteiger partial charge in [0, 0.05) is 13.0 Å². The Balaban J connectivity index is 1.75. The summed E-state index contributed by atoms with van der Waals surface area (Å²) in [6.45, 7) is 1.12. The van der Waals surface area contributed by atoms with Crippen molar-refractivity contribution in [2.75, 3.05) is 20.1 Å². The van der Waals surface area contributed by atoms with Gasteiger partial charge in [-0.15, -0.1) is 0 Å². The third-order valence-electron chi connectivity index (χ3n) is 4.59. The van der Waals surface area contributed by atoms with Crippen molar-refractivity contribution in [3.8, 4) is 0 Å². The SMILES string of the molecule is Cc1ccc(S(=O)(=O)N(C)CC(=O)NNC(=O)CNC(=O)C2CCCC2)cc1. The normalized spacial score (nSPS) is 14.7. The van der Waals surface area contributed by atoms with Crippen molar-refractivity contribution in [3.63, 3.8) is 0 Å². The predicted molar refractivity (Wildman–Crippen MR) is 102 cm³/mol. The fraction of sp³-hybridized carbons (Fsp3) is 0.500. The molecule has 154 valence electrons. The molecule has 1 fully saturated rings. The zero-order chi connectivity index (χ0) is 20.7. The second-order valence-corrected chi connectivity index (χ2v) is 8.91. The van der Waals surface area contributed by atoms with E-state index in [4.69, 9.17) is 0 Å². The van der Waals surface area contributed by atoms with Crippen LogP contribution < -0.4 is 16.2 Å². The summed E-state index contributed by atoms with van der Waals surface area (Å²) in [6.07, 6.45) is 3.68. The molecule has 1 aromatic rings. The number of carbonyl (C=O) groups is 3. The molecule has 0 heterocycles. The van der Waals surface area contributed by atoms with Crippen molar-refractivity contribution < 1.29 is 22.8 Å². The van der Waals surface area contributed by atoms with Crippen molar-refractivity contribution in [3.05, 3.63) is 29.8 Å².